The zero-order valence-electron chi connectivity index (χ0n) is 12.3. The number of rotatable bonds is 5. The number of benzene rings is 2. The standard InChI is InChI=1S/C18H15NO4/c20-17(22-13-16-11-12-19-23-16)18(21,14-7-3-1-4-8-14)15-9-5-2-6-10-15/h1-12,21H,13H2. The monoisotopic (exact) mass is 309 g/mol. The van der Waals surface area contributed by atoms with E-state index in [0.29, 0.717) is 16.9 Å². The van der Waals surface area contributed by atoms with E-state index in [1.54, 1.807) is 54.6 Å². The van der Waals surface area contributed by atoms with Gasteiger partial charge in [-0.15, -0.1) is 0 Å². The molecule has 0 fully saturated rings. The van der Waals surface area contributed by atoms with Crippen molar-refractivity contribution in [2.75, 3.05) is 0 Å². The molecule has 0 aliphatic rings. The number of carbonyl (C=O) groups is 1. The van der Waals surface area contributed by atoms with Gasteiger partial charge in [0.15, 0.2) is 12.4 Å². The molecule has 23 heavy (non-hydrogen) atoms. The van der Waals surface area contributed by atoms with E-state index in [2.05, 4.69) is 5.16 Å². The first-order valence-electron chi connectivity index (χ1n) is 7.11. The second-order valence-electron chi connectivity index (χ2n) is 5.00. The van der Waals surface area contributed by atoms with Crippen molar-refractivity contribution in [3.63, 3.8) is 0 Å². The molecule has 1 aromatic heterocycles. The lowest BCUT2D eigenvalue weighted by Crippen LogP contribution is -2.38. The molecule has 0 bridgehead atoms. The quantitative estimate of drug-likeness (QED) is 0.734. The van der Waals surface area contributed by atoms with Gasteiger partial charge < -0.3 is 14.4 Å². The Morgan fingerprint density at radius 1 is 1.00 bits per heavy atom. The predicted octanol–water partition coefficient (Wildman–Crippen LogP) is 2.65. The highest BCUT2D eigenvalue weighted by Crippen LogP contribution is 2.31. The maximum atomic E-state index is 12.6. The highest BCUT2D eigenvalue weighted by molar-refractivity contribution is 5.85. The molecule has 0 atom stereocenters. The summed E-state index contributed by atoms with van der Waals surface area (Å²) in [5, 5.41) is 14.7. The van der Waals surface area contributed by atoms with Gasteiger partial charge in [-0.2, -0.15) is 0 Å². The highest BCUT2D eigenvalue weighted by Gasteiger charge is 2.41. The molecule has 5 heteroatoms. The lowest BCUT2D eigenvalue weighted by Gasteiger charge is -2.26. The van der Waals surface area contributed by atoms with Gasteiger partial charge in [-0.25, -0.2) is 4.79 Å². The second kappa shape index (κ2) is 6.46. The van der Waals surface area contributed by atoms with Gasteiger partial charge in [0.1, 0.15) is 0 Å². The molecule has 2 aromatic carbocycles. The van der Waals surface area contributed by atoms with E-state index in [4.69, 9.17) is 9.26 Å². The summed E-state index contributed by atoms with van der Waals surface area (Å²) >= 11 is 0. The molecule has 116 valence electrons. The smallest absolute Gasteiger partial charge is 0.348 e. The van der Waals surface area contributed by atoms with Gasteiger partial charge in [-0.3, -0.25) is 0 Å². The minimum absolute atomic E-state index is 0.0964. The van der Waals surface area contributed by atoms with E-state index in [9.17, 15) is 9.90 Å². The molecule has 0 aliphatic heterocycles. The van der Waals surface area contributed by atoms with Crippen molar-refractivity contribution in [2.45, 2.75) is 12.2 Å². The minimum Gasteiger partial charge on any atom is -0.455 e. The van der Waals surface area contributed by atoms with Crippen molar-refractivity contribution < 1.29 is 19.2 Å². The number of carbonyl (C=O) groups excluding carboxylic acids is 1. The molecule has 0 radical (unpaired) electrons. The first kappa shape index (κ1) is 15.0. The number of aliphatic hydroxyl groups is 1. The summed E-state index contributed by atoms with van der Waals surface area (Å²) < 4.78 is 10.1. The van der Waals surface area contributed by atoms with Crippen LogP contribution in [-0.2, 0) is 21.7 Å². The fourth-order valence-electron chi connectivity index (χ4n) is 2.32. The Balaban J connectivity index is 1.93. The van der Waals surface area contributed by atoms with Crippen LogP contribution in [0.5, 0.6) is 0 Å². The normalized spacial score (nSPS) is 11.2. The van der Waals surface area contributed by atoms with Crippen LogP contribution in [0.1, 0.15) is 16.9 Å². The molecule has 1 N–H and O–H groups in total. The van der Waals surface area contributed by atoms with E-state index < -0.39 is 11.6 Å². The number of hydrogen-bond donors (Lipinski definition) is 1. The van der Waals surface area contributed by atoms with Gasteiger partial charge in [0.05, 0.1) is 6.20 Å². The largest absolute Gasteiger partial charge is 0.455 e. The summed E-state index contributed by atoms with van der Waals surface area (Å²) in [5.41, 5.74) is -1.01. The number of ether oxygens (including phenoxy) is 1. The molecular formula is C18H15NO4. The number of hydrogen-bond acceptors (Lipinski definition) is 5. The fraction of sp³-hybridized carbons (Fsp3) is 0.111. The van der Waals surface area contributed by atoms with E-state index >= 15 is 0 Å². The van der Waals surface area contributed by atoms with Crippen molar-refractivity contribution in [1.82, 2.24) is 5.16 Å². The Bertz CT molecular complexity index is 715. The first-order chi connectivity index (χ1) is 11.2. The van der Waals surface area contributed by atoms with Crippen LogP contribution < -0.4 is 0 Å². The Labute approximate surface area is 133 Å². The minimum atomic E-state index is -1.89. The van der Waals surface area contributed by atoms with Gasteiger partial charge in [-0.05, 0) is 11.1 Å². The summed E-state index contributed by atoms with van der Waals surface area (Å²) in [6.07, 6.45) is 1.46. The summed E-state index contributed by atoms with van der Waals surface area (Å²) in [6.45, 7) is -0.0964. The van der Waals surface area contributed by atoms with Gasteiger partial charge in [0.25, 0.3) is 0 Å². The zero-order valence-corrected chi connectivity index (χ0v) is 12.3. The van der Waals surface area contributed by atoms with Crippen LogP contribution >= 0.6 is 0 Å². The zero-order chi connectivity index (χ0) is 16.1. The second-order valence-corrected chi connectivity index (χ2v) is 5.00. The molecule has 3 aromatic rings. The van der Waals surface area contributed by atoms with Crippen LogP contribution in [0.3, 0.4) is 0 Å². The third-order valence-electron chi connectivity index (χ3n) is 3.52. The van der Waals surface area contributed by atoms with Gasteiger partial charge >= 0.3 is 5.97 Å². The van der Waals surface area contributed by atoms with Crippen LogP contribution in [0.2, 0.25) is 0 Å². The average Bonchev–Trinajstić information content (AvgIpc) is 3.14. The van der Waals surface area contributed by atoms with Gasteiger partial charge in [-0.1, -0.05) is 65.8 Å². The van der Waals surface area contributed by atoms with Crippen LogP contribution in [0.4, 0.5) is 0 Å². The third kappa shape index (κ3) is 3.00. The summed E-state index contributed by atoms with van der Waals surface area (Å²) in [7, 11) is 0. The van der Waals surface area contributed by atoms with Crippen molar-refractivity contribution in [1.29, 1.82) is 0 Å². The number of esters is 1. The van der Waals surface area contributed by atoms with Crippen LogP contribution in [0.15, 0.2) is 77.4 Å². The SMILES string of the molecule is O=C(OCc1ccno1)C(O)(c1ccccc1)c1ccccc1. The fourth-order valence-corrected chi connectivity index (χ4v) is 2.32. The molecule has 3 rings (SSSR count). The first-order valence-corrected chi connectivity index (χ1v) is 7.11. The Hall–Kier alpha value is -2.92. The van der Waals surface area contributed by atoms with Crippen molar-refractivity contribution in [3.05, 3.63) is 89.8 Å². The van der Waals surface area contributed by atoms with E-state index in [0.717, 1.165) is 0 Å². The van der Waals surface area contributed by atoms with E-state index in [1.807, 2.05) is 12.1 Å². The average molecular weight is 309 g/mol. The summed E-state index contributed by atoms with van der Waals surface area (Å²) in [4.78, 5) is 12.6. The molecule has 0 amide bonds. The topological polar surface area (TPSA) is 72.6 Å². The molecule has 0 aliphatic carbocycles. The molecule has 0 unspecified atom stereocenters. The van der Waals surface area contributed by atoms with Gasteiger partial charge in [0.2, 0.25) is 5.60 Å². The summed E-state index contributed by atoms with van der Waals surface area (Å²) in [5.74, 6) is -0.367. The lowest BCUT2D eigenvalue weighted by atomic mass is 9.86. The van der Waals surface area contributed by atoms with Gasteiger partial charge in [0, 0.05) is 6.07 Å². The number of aromatic nitrogens is 1. The van der Waals surface area contributed by atoms with Crippen LogP contribution in [0, 0.1) is 0 Å². The molecule has 1 heterocycles. The lowest BCUT2D eigenvalue weighted by molar-refractivity contribution is -0.164. The van der Waals surface area contributed by atoms with Crippen LogP contribution in [-0.4, -0.2) is 16.2 Å². The molecule has 5 nitrogen and oxygen atoms in total. The molecule has 0 saturated carbocycles. The maximum Gasteiger partial charge on any atom is 0.348 e. The maximum absolute atomic E-state index is 12.6. The Morgan fingerprint density at radius 2 is 1.57 bits per heavy atom. The molecule has 0 saturated heterocycles. The number of nitrogens with zero attached hydrogens (tertiary/aromatic N) is 1. The van der Waals surface area contributed by atoms with E-state index in [-0.39, 0.29) is 6.61 Å². The summed E-state index contributed by atoms with van der Waals surface area (Å²) in [6, 6.07) is 19.0. The Kier molecular flexibility index (Phi) is 4.21. The van der Waals surface area contributed by atoms with Crippen molar-refractivity contribution >= 4 is 5.97 Å². The van der Waals surface area contributed by atoms with E-state index in [1.165, 1.54) is 6.20 Å². The highest BCUT2D eigenvalue weighted by atomic mass is 16.6. The van der Waals surface area contributed by atoms with Crippen LogP contribution in [0.25, 0.3) is 0 Å². The molecule has 0 spiro atoms. The third-order valence-corrected chi connectivity index (χ3v) is 3.52. The Morgan fingerprint density at radius 3 is 2.04 bits per heavy atom. The predicted molar refractivity (Wildman–Crippen MR) is 82.2 cm³/mol. The van der Waals surface area contributed by atoms with Crippen molar-refractivity contribution in [2.24, 2.45) is 0 Å². The van der Waals surface area contributed by atoms with Crippen molar-refractivity contribution in [3.8, 4) is 0 Å². The molecular weight excluding hydrogens is 294 g/mol.